The Morgan fingerprint density at radius 2 is 1.90 bits per heavy atom. The Labute approximate surface area is 119 Å². The van der Waals surface area contributed by atoms with Crippen molar-refractivity contribution in [2.75, 3.05) is 11.1 Å². The summed E-state index contributed by atoms with van der Waals surface area (Å²) in [6.07, 6.45) is -2.95. The van der Waals surface area contributed by atoms with Crippen molar-refractivity contribution in [3.05, 3.63) is 53.2 Å². The molecule has 0 aliphatic heterocycles. The highest BCUT2D eigenvalue weighted by Crippen LogP contribution is 2.29. The van der Waals surface area contributed by atoms with E-state index in [4.69, 9.17) is 11.0 Å². The molecule has 108 valence electrons. The third-order valence-electron chi connectivity index (χ3n) is 2.77. The molecule has 0 spiro atoms. The first-order chi connectivity index (χ1) is 9.90. The highest BCUT2D eigenvalue weighted by atomic mass is 19.4. The predicted molar refractivity (Wildman–Crippen MR) is 72.1 cm³/mol. The van der Waals surface area contributed by atoms with E-state index in [0.717, 1.165) is 12.1 Å². The Balaban J connectivity index is 2.09. The fourth-order valence-electron chi connectivity index (χ4n) is 1.70. The van der Waals surface area contributed by atoms with Crippen LogP contribution in [0.15, 0.2) is 36.5 Å². The number of nitriles is 1. The molecular formula is C14H11F3N4. The Bertz CT molecular complexity index is 672. The van der Waals surface area contributed by atoms with Crippen LogP contribution in [0.1, 0.15) is 16.7 Å². The second-order valence-corrected chi connectivity index (χ2v) is 4.32. The molecule has 3 N–H and O–H groups in total. The number of nitrogens with zero attached hydrogens (tertiary/aromatic N) is 2. The minimum absolute atomic E-state index is 0.254. The van der Waals surface area contributed by atoms with Gasteiger partial charge < -0.3 is 11.1 Å². The summed E-state index contributed by atoms with van der Waals surface area (Å²) in [5.41, 5.74) is 6.11. The molecule has 0 saturated heterocycles. The molecule has 2 aromatic rings. The van der Waals surface area contributed by atoms with Gasteiger partial charge in [-0.3, -0.25) is 0 Å². The smallest absolute Gasteiger partial charge is 0.397 e. The number of anilines is 2. The van der Waals surface area contributed by atoms with Crippen LogP contribution in [0, 0.1) is 11.3 Å². The molecular weight excluding hydrogens is 281 g/mol. The molecule has 0 amide bonds. The Morgan fingerprint density at radius 3 is 2.48 bits per heavy atom. The second kappa shape index (κ2) is 5.71. The van der Waals surface area contributed by atoms with Crippen molar-refractivity contribution in [3.63, 3.8) is 0 Å². The molecule has 1 heterocycles. The molecule has 4 nitrogen and oxygen atoms in total. The second-order valence-electron chi connectivity index (χ2n) is 4.32. The summed E-state index contributed by atoms with van der Waals surface area (Å²) in [5.74, 6) is 0.339. The summed E-state index contributed by atoms with van der Waals surface area (Å²) in [5, 5.41) is 11.9. The number of nitrogen functional groups attached to an aromatic ring is 1. The van der Waals surface area contributed by atoms with Crippen molar-refractivity contribution >= 4 is 11.5 Å². The average Bonchev–Trinajstić information content (AvgIpc) is 2.45. The van der Waals surface area contributed by atoms with E-state index >= 15 is 0 Å². The van der Waals surface area contributed by atoms with E-state index in [1.54, 1.807) is 0 Å². The van der Waals surface area contributed by atoms with Gasteiger partial charge in [0.25, 0.3) is 0 Å². The molecule has 0 unspecified atom stereocenters. The standard InChI is InChI=1S/C14H11F3N4/c15-14(16,17)11-3-1-9(2-4-11)7-20-13-10(6-18)5-12(19)8-21-13/h1-5,8H,7,19H2,(H,20,21). The van der Waals surface area contributed by atoms with Gasteiger partial charge in [-0.05, 0) is 23.8 Å². The monoisotopic (exact) mass is 292 g/mol. The first kappa shape index (κ1) is 14.7. The zero-order valence-electron chi connectivity index (χ0n) is 10.8. The average molecular weight is 292 g/mol. The van der Waals surface area contributed by atoms with Gasteiger partial charge >= 0.3 is 6.18 Å². The lowest BCUT2D eigenvalue weighted by molar-refractivity contribution is -0.137. The Morgan fingerprint density at radius 1 is 1.24 bits per heavy atom. The zero-order valence-corrected chi connectivity index (χ0v) is 10.8. The number of rotatable bonds is 3. The normalized spacial score (nSPS) is 11.0. The van der Waals surface area contributed by atoms with Gasteiger partial charge in [0.05, 0.1) is 23.0 Å². The fourth-order valence-corrected chi connectivity index (χ4v) is 1.70. The summed E-state index contributed by atoms with van der Waals surface area (Å²) in [4.78, 5) is 3.98. The van der Waals surface area contributed by atoms with E-state index in [0.29, 0.717) is 17.1 Å². The summed E-state index contributed by atoms with van der Waals surface area (Å²) in [6, 6.07) is 8.20. The maximum atomic E-state index is 12.4. The molecule has 0 radical (unpaired) electrons. The molecule has 0 atom stereocenters. The van der Waals surface area contributed by atoms with Crippen LogP contribution in [0.5, 0.6) is 0 Å². The fraction of sp³-hybridized carbons (Fsp3) is 0.143. The van der Waals surface area contributed by atoms with Crippen molar-refractivity contribution in [2.45, 2.75) is 12.7 Å². The third kappa shape index (κ3) is 3.63. The van der Waals surface area contributed by atoms with E-state index in [1.807, 2.05) is 6.07 Å². The molecule has 21 heavy (non-hydrogen) atoms. The summed E-state index contributed by atoms with van der Waals surface area (Å²) >= 11 is 0. The minimum atomic E-state index is -4.35. The number of nitrogens with one attached hydrogen (secondary N) is 1. The van der Waals surface area contributed by atoms with E-state index < -0.39 is 11.7 Å². The van der Waals surface area contributed by atoms with Crippen LogP contribution in [0.2, 0.25) is 0 Å². The van der Waals surface area contributed by atoms with Gasteiger partial charge in [-0.25, -0.2) is 4.98 Å². The van der Waals surface area contributed by atoms with Crippen LogP contribution >= 0.6 is 0 Å². The van der Waals surface area contributed by atoms with Gasteiger partial charge in [-0.15, -0.1) is 0 Å². The zero-order chi connectivity index (χ0) is 15.5. The van der Waals surface area contributed by atoms with Crippen LogP contribution in [-0.2, 0) is 12.7 Å². The van der Waals surface area contributed by atoms with Crippen LogP contribution in [0.3, 0.4) is 0 Å². The van der Waals surface area contributed by atoms with Crippen molar-refractivity contribution in [1.29, 1.82) is 5.26 Å². The summed E-state index contributed by atoms with van der Waals surface area (Å²) < 4.78 is 37.3. The van der Waals surface area contributed by atoms with Crippen molar-refractivity contribution in [3.8, 4) is 6.07 Å². The largest absolute Gasteiger partial charge is 0.416 e. The van der Waals surface area contributed by atoms with Gasteiger partial charge in [0.1, 0.15) is 11.9 Å². The highest BCUT2D eigenvalue weighted by molar-refractivity contribution is 5.57. The van der Waals surface area contributed by atoms with E-state index in [2.05, 4.69) is 10.3 Å². The molecule has 1 aromatic carbocycles. The first-order valence-corrected chi connectivity index (χ1v) is 5.96. The van der Waals surface area contributed by atoms with Crippen LogP contribution < -0.4 is 11.1 Å². The van der Waals surface area contributed by atoms with Crippen LogP contribution in [0.4, 0.5) is 24.7 Å². The van der Waals surface area contributed by atoms with Crippen molar-refractivity contribution in [1.82, 2.24) is 4.98 Å². The molecule has 0 aliphatic carbocycles. The number of hydrogen-bond donors (Lipinski definition) is 2. The van der Waals surface area contributed by atoms with Crippen molar-refractivity contribution < 1.29 is 13.2 Å². The van der Waals surface area contributed by atoms with Crippen LogP contribution in [0.25, 0.3) is 0 Å². The predicted octanol–water partition coefficient (Wildman–Crippen LogP) is 3.17. The van der Waals surface area contributed by atoms with Crippen LogP contribution in [-0.4, -0.2) is 4.98 Å². The van der Waals surface area contributed by atoms with Gasteiger partial charge in [-0.1, -0.05) is 12.1 Å². The first-order valence-electron chi connectivity index (χ1n) is 5.96. The SMILES string of the molecule is N#Cc1cc(N)cnc1NCc1ccc(C(F)(F)F)cc1. The lowest BCUT2D eigenvalue weighted by Crippen LogP contribution is -2.07. The molecule has 1 aromatic heterocycles. The summed E-state index contributed by atoms with van der Waals surface area (Å²) in [7, 11) is 0. The highest BCUT2D eigenvalue weighted by Gasteiger charge is 2.29. The van der Waals surface area contributed by atoms with Gasteiger partial charge in [0, 0.05) is 6.54 Å². The van der Waals surface area contributed by atoms with Gasteiger partial charge in [0.2, 0.25) is 0 Å². The number of pyridine rings is 1. The molecule has 0 aliphatic rings. The van der Waals surface area contributed by atoms with E-state index in [9.17, 15) is 13.2 Å². The number of benzene rings is 1. The molecule has 2 rings (SSSR count). The number of aromatic nitrogens is 1. The van der Waals surface area contributed by atoms with Crippen molar-refractivity contribution in [2.24, 2.45) is 0 Å². The molecule has 0 bridgehead atoms. The van der Waals surface area contributed by atoms with Gasteiger partial charge in [-0.2, -0.15) is 18.4 Å². The lowest BCUT2D eigenvalue weighted by Gasteiger charge is -2.10. The maximum absolute atomic E-state index is 12.4. The topological polar surface area (TPSA) is 74.7 Å². The Kier molecular flexibility index (Phi) is 3.98. The quantitative estimate of drug-likeness (QED) is 0.911. The lowest BCUT2D eigenvalue weighted by atomic mass is 10.1. The Hall–Kier alpha value is -2.75. The van der Waals surface area contributed by atoms with E-state index in [1.165, 1.54) is 24.4 Å². The number of hydrogen-bond acceptors (Lipinski definition) is 4. The summed E-state index contributed by atoms with van der Waals surface area (Å²) in [6.45, 7) is 0.254. The number of nitrogens with two attached hydrogens (primary N) is 1. The maximum Gasteiger partial charge on any atom is 0.416 e. The number of alkyl halides is 3. The third-order valence-corrected chi connectivity index (χ3v) is 2.77. The van der Waals surface area contributed by atoms with E-state index in [-0.39, 0.29) is 12.1 Å². The molecule has 0 fully saturated rings. The minimum Gasteiger partial charge on any atom is -0.397 e. The molecule has 7 heteroatoms. The number of halogens is 3. The molecule has 0 saturated carbocycles. The van der Waals surface area contributed by atoms with Gasteiger partial charge in [0.15, 0.2) is 0 Å².